The van der Waals surface area contributed by atoms with Crippen molar-refractivity contribution in [3.05, 3.63) is 69.8 Å². The molecule has 0 unspecified atom stereocenters. The molecule has 31 heavy (non-hydrogen) atoms. The highest BCUT2D eigenvalue weighted by atomic mass is 16.1. The van der Waals surface area contributed by atoms with Gasteiger partial charge in [0.2, 0.25) is 0 Å². The Morgan fingerprint density at radius 3 is 2.55 bits per heavy atom. The van der Waals surface area contributed by atoms with E-state index in [-0.39, 0.29) is 5.56 Å². The molecule has 0 radical (unpaired) electrons. The predicted octanol–water partition coefficient (Wildman–Crippen LogP) is 5.24. The summed E-state index contributed by atoms with van der Waals surface area (Å²) in [5.74, 6) is 1.10. The largest absolute Gasteiger partial charge is 0.372 e. The van der Waals surface area contributed by atoms with Crippen LogP contribution in [0.2, 0.25) is 0 Å². The molecule has 0 bridgehead atoms. The van der Waals surface area contributed by atoms with Crippen molar-refractivity contribution in [1.82, 2.24) is 9.66 Å². The van der Waals surface area contributed by atoms with Gasteiger partial charge < -0.3 is 4.90 Å². The first-order chi connectivity index (χ1) is 15.2. The number of hydrogen-bond acceptors (Lipinski definition) is 4. The van der Waals surface area contributed by atoms with Crippen molar-refractivity contribution in [3.63, 3.8) is 0 Å². The molecule has 1 saturated carbocycles. The molecule has 2 fully saturated rings. The summed E-state index contributed by atoms with van der Waals surface area (Å²) in [6, 6.07) is 14.1. The van der Waals surface area contributed by atoms with Gasteiger partial charge in [-0.2, -0.15) is 9.78 Å². The van der Waals surface area contributed by atoms with Crippen LogP contribution in [0, 0.1) is 6.92 Å². The maximum Gasteiger partial charge on any atom is 0.282 e. The van der Waals surface area contributed by atoms with Crippen molar-refractivity contribution >= 4 is 22.8 Å². The topological polar surface area (TPSA) is 50.5 Å². The number of para-hydroxylation sites is 1. The van der Waals surface area contributed by atoms with Crippen molar-refractivity contribution in [2.75, 3.05) is 18.0 Å². The zero-order valence-corrected chi connectivity index (χ0v) is 18.3. The minimum absolute atomic E-state index is 0.0752. The Morgan fingerprint density at radius 1 is 1.00 bits per heavy atom. The Hall–Kier alpha value is -2.95. The van der Waals surface area contributed by atoms with E-state index in [2.05, 4.69) is 30.0 Å². The molecule has 5 heteroatoms. The molecule has 0 spiro atoms. The average molecular weight is 415 g/mol. The van der Waals surface area contributed by atoms with E-state index in [0.29, 0.717) is 11.3 Å². The maximum absolute atomic E-state index is 13.3. The van der Waals surface area contributed by atoms with Crippen molar-refractivity contribution in [1.29, 1.82) is 0 Å². The molecule has 1 saturated heterocycles. The van der Waals surface area contributed by atoms with Gasteiger partial charge in [0, 0.05) is 24.7 Å². The van der Waals surface area contributed by atoms with E-state index < -0.39 is 0 Å². The number of hydrogen-bond donors (Lipinski definition) is 0. The standard InChI is InChI=1S/C26H30N4O/c1-19-17-22(29-15-7-8-16-29)14-13-21(19)18-27-30-25(20-9-3-2-4-10-20)28-24-12-6-5-11-23(24)26(30)31/h5-6,11-14,17-18,20H,2-4,7-10,15-16H2,1H3. The minimum Gasteiger partial charge on any atom is -0.372 e. The van der Waals surface area contributed by atoms with E-state index in [1.165, 1.54) is 43.4 Å². The number of rotatable bonds is 4. The predicted molar refractivity (Wildman–Crippen MR) is 127 cm³/mol. The summed E-state index contributed by atoms with van der Waals surface area (Å²) in [4.78, 5) is 20.7. The van der Waals surface area contributed by atoms with Crippen LogP contribution in [0.25, 0.3) is 10.9 Å². The summed E-state index contributed by atoms with van der Waals surface area (Å²) in [5.41, 5.74) is 4.19. The number of anilines is 1. The molecular weight excluding hydrogens is 384 g/mol. The molecule has 1 aromatic heterocycles. The van der Waals surface area contributed by atoms with Crippen LogP contribution < -0.4 is 10.5 Å². The number of nitrogens with zero attached hydrogens (tertiary/aromatic N) is 4. The second kappa shape index (κ2) is 8.66. The second-order valence-electron chi connectivity index (χ2n) is 8.92. The summed E-state index contributed by atoms with van der Waals surface area (Å²) >= 11 is 0. The zero-order chi connectivity index (χ0) is 21.2. The number of aryl methyl sites for hydroxylation is 1. The highest BCUT2D eigenvalue weighted by Crippen LogP contribution is 2.31. The van der Waals surface area contributed by atoms with Crippen LogP contribution in [0.15, 0.2) is 52.4 Å². The first-order valence-electron chi connectivity index (χ1n) is 11.6. The first kappa shape index (κ1) is 20.0. The molecule has 5 nitrogen and oxygen atoms in total. The van der Waals surface area contributed by atoms with E-state index in [1.807, 2.05) is 30.5 Å². The van der Waals surface area contributed by atoms with Gasteiger partial charge in [-0.25, -0.2) is 4.98 Å². The van der Waals surface area contributed by atoms with Crippen LogP contribution in [0.5, 0.6) is 0 Å². The van der Waals surface area contributed by atoms with E-state index in [1.54, 1.807) is 4.68 Å². The van der Waals surface area contributed by atoms with E-state index in [4.69, 9.17) is 10.1 Å². The lowest BCUT2D eigenvalue weighted by Crippen LogP contribution is -2.25. The Bertz CT molecular complexity index is 1170. The molecule has 2 heterocycles. The van der Waals surface area contributed by atoms with Crippen LogP contribution in [0.3, 0.4) is 0 Å². The van der Waals surface area contributed by atoms with Gasteiger partial charge in [-0.1, -0.05) is 37.5 Å². The third kappa shape index (κ3) is 4.01. The molecule has 2 aromatic carbocycles. The summed E-state index contributed by atoms with van der Waals surface area (Å²) in [6.07, 6.45) is 10.2. The summed E-state index contributed by atoms with van der Waals surface area (Å²) in [6.45, 7) is 4.38. The fourth-order valence-electron chi connectivity index (χ4n) is 4.97. The lowest BCUT2D eigenvalue weighted by Gasteiger charge is -2.22. The Labute approximate surface area is 183 Å². The highest BCUT2D eigenvalue weighted by Gasteiger charge is 2.22. The number of benzene rings is 2. The van der Waals surface area contributed by atoms with Gasteiger partial charge in [0.15, 0.2) is 0 Å². The smallest absolute Gasteiger partial charge is 0.282 e. The third-order valence-corrected chi connectivity index (χ3v) is 6.79. The Morgan fingerprint density at radius 2 is 1.77 bits per heavy atom. The van der Waals surface area contributed by atoms with Crippen molar-refractivity contribution in [3.8, 4) is 0 Å². The van der Waals surface area contributed by atoms with Gasteiger partial charge in [0.05, 0.1) is 17.1 Å². The van der Waals surface area contributed by atoms with E-state index in [0.717, 1.165) is 42.8 Å². The van der Waals surface area contributed by atoms with Crippen LogP contribution in [-0.4, -0.2) is 29.0 Å². The average Bonchev–Trinajstić information content (AvgIpc) is 3.35. The zero-order valence-electron chi connectivity index (χ0n) is 18.3. The second-order valence-corrected chi connectivity index (χ2v) is 8.92. The first-order valence-corrected chi connectivity index (χ1v) is 11.6. The SMILES string of the molecule is Cc1cc(N2CCCC2)ccc1C=Nn1c(C2CCCCC2)nc2ccccc2c1=O. The molecule has 2 aliphatic rings. The summed E-state index contributed by atoms with van der Waals surface area (Å²) in [7, 11) is 0. The molecule has 1 aliphatic heterocycles. The van der Waals surface area contributed by atoms with Crippen molar-refractivity contribution in [2.24, 2.45) is 5.10 Å². The lowest BCUT2D eigenvalue weighted by molar-refractivity contribution is 0.416. The van der Waals surface area contributed by atoms with Crippen LogP contribution in [0.4, 0.5) is 5.69 Å². The van der Waals surface area contributed by atoms with Gasteiger partial charge in [-0.05, 0) is 68.0 Å². The maximum atomic E-state index is 13.3. The highest BCUT2D eigenvalue weighted by molar-refractivity contribution is 5.83. The normalized spacial score (nSPS) is 17.8. The van der Waals surface area contributed by atoms with Crippen LogP contribution >= 0.6 is 0 Å². The lowest BCUT2D eigenvalue weighted by atomic mass is 9.88. The molecule has 0 atom stereocenters. The summed E-state index contributed by atoms with van der Waals surface area (Å²) in [5, 5.41) is 5.32. The van der Waals surface area contributed by atoms with Gasteiger partial charge in [0.25, 0.3) is 5.56 Å². The molecule has 5 rings (SSSR count). The Kier molecular flexibility index (Phi) is 5.58. The van der Waals surface area contributed by atoms with Gasteiger partial charge in [-0.3, -0.25) is 4.79 Å². The van der Waals surface area contributed by atoms with Gasteiger partial charge in [-0.15, -0.1) is 0 Å². The molecule has 160 valence electrons. The Balaban J connectivity index is 1.54. The van der Waals surface area contributed by atoms with E-state index in [9.17, 15) is 4.79 Å². The quantitative estimate of drug-likeness (QED) is 0.549. The fraction of sp³-hybridized carbons (Fsp3) is 0.423. The van der Waals surface area contributed by atoms with Crippen molar-refractivity contribution in [2.45, 2.75) is 57.8 Å². The minimum atomic E-state index is -0.0752. The third-order valence-electron chi connectivity index (χ3n) is 6.79. The van der Waals surface area contributed by atoms with Crippen LogP contribution in [0.1, 0.15) is 67.8 Å². The molecule has 0 amide bonds. The summed E-state index contributed by atoms with van der Waals surface area (Å²) < 4.78 is 1.56. The van der Waals surface area contributed by atoms with E-state index >= 15 is 0 Å². The number of fused-ring (bicyclic) bond motifs is 1. The molecule has 3 aromatic rings. The van der Waals surface area contributed by atoms with Gasteiger partial charge >= 0.3 is 0 Å². The van der Waals surface area contributed by atoms with Gasteiger partial charge in [0.1, 0.15) is 5.82 Å². The van der Waals surface area contributed by atoms with Crippen molar-refractivity contribution < 1.29 is 0 Å². The molecule has 1 aliphatic carbocycles. The molecule has 0 N–H and O–H groups in total. The fourth-order valence-corrected chi connectivity index (χ4v) is 4.97. The number of aromatic nitrogens is 2. The monoisotopic (exact) mass is 414 g/mol. The molecular formula is C26H30N4O. The van der Waals surface area contributed by atoms with Crippen LogP contribution in [-0.2, 0) is 0 Å².